The molecule has 1 saturated heterocycles. The number of fused-ring (bicyclic) bond motifs is 5. The summed E-state index contributed by atoms with van der Waals surface area (Å²) in [5, 5.41) is 5.86. The summed E-state index contributed by atoms with van der Waals surface area (Å²) in [4.78, 5) is 51.1. The van der Waals surface area contributed by atoms with Crippen molar-refractivity contribution in [2.24, 2.45) is 52.3 Å². The number of ether oxygens (including phenoxy) is 5. The molecule has 10 atom stereocenters. The van der Waals surface area contributed by atoms with E-state index in [0.29, 0.717) is 36.8 Å². The molecule has 12 nitrogen and oxygen atoms in total. The Kier molecular flexibility index (Phi) is 28.8. The Balaban J connectivity index is 0.000000313. The van der Waals surface area contributed by atoms with E-state index >= 15 is 0 Å². The number of likely N-dealkylation sites (tertiary alicyclic amines) is 1. The van der Waals surface area contributed by atoms with Crippen LogP contribution in [0.5, 0.6) is 11.5 Å². The largest absolute Gasteiger partial charge is 0.497 e. The third-order valence-corrected chi connectivity index (χ3v) is 19.5. The quantitative estimate of drug-likeness (QED) is 0.0262. The zero-order chi connectivity index (χ0) is 61.3. The van der Waals surface area contributed by atoms with Gasteiger partial charge in [-0.05, 0) is 166 Å². The highest BCUT2D eigenvalue weighted by molar-refractivity contribution is 5.81. The third-order valence-electron chi connectivity index (χ3n) is 19.5. The fourth-order valence-electron chi connectivity index (χ4n) is 15.1. The van der Waals surface area contributed by atoms with Gasteiger partial charge in [-0.2, -0.15) is 0 Å². The molecule has 4 aliphatic carbocycles. The molecule has 0 radical (unpaired) electrons. The summed E-state index contributed by atoms with van der Waals surface area (Å²) in [5.74, 6) is 5.82. The Labute approximate surface area is 508 Å². The van der Waals surface area contributed by atoms with Crippen LogP contribution >= 0.6 is 0 Å². The maximum atomic E-state index is 13.4. The van der Waals surface area contributed by atoms with Crippen LogP contribution in [0.2, 0.25) is 0 Å². The molecule has 8 rings (SSSR count). The first kappa shape index (κ1) is 69.6. The van der Waals surface area contributed by atoms with E-state index in [9.17, 15) is 19.2 Å². The number of amides is 2. The van der Waals surface area contributed by atoms with E-state index in [1.165, 1.54) is 64.2 Å². The lowest BCUT2D eigenvalue weighted by Crippen LogP contribution is -2.51. The minimum absolute atomic E-state index is 0.0370. The predicted molar refractivity (Wildman–Crippen MR) is 340 cm³/mol. The first-order valence-electron chi connectivity index (χ1n) is 32.7. The molecule has 3 saturated carbocycles. The highest BCUT2D eigenvalue weighted by Gasteiger charge is 2.59. The maximum absolute atomic E-state index is 13.4. The molecule has 3 aromatic rings. The molecule has 0 bridgehead atoms. The van der Waals surface area contributed by atoms with E-state index in [1.54, 1.807) is 24.7 Å². The van der Waals surface area contributed by atoms with Crippen LogP contribution < -0.4 is 20.1 Å². The van der Waals surface area contributed by atoms with Gasteiger partial charge in [-0.3, -0.25) is 19.2 Å². The van der Waals surface area contributed by atoms with E-state index in [0.717, 1.165) is 102 Å². The Bertz CT molecular complexity index is 2400. The van der Waals surface area contributed by atoms with Crippen molar-refractivity contribution in [3.8, 4) is 11.5 Å². The summed E-state index contributed by atoms with van der Waals surface area (Å²) in [6, 6.07) is 25.6. The third kappa shape index (κ3) is 17.9. The molecule has 2 amide bonds. The summed E-state index contributed by atoms with van der Waals surface area (Å²) in [6.45, 7) is 25.5. The zero-order valence-electron chi connectivity index (χ0n) is 54.2. The van der Waals surface area contributed by atoms with Crippen LogP contribution in [-0.2, 0) is 39.0 Å². The monoisotopic (exact) mass is 1160 g/mol. The van der Waals surface area contributed by atoms with Gasteiger partial charge in [0.25, 0.3) is 6.47 Å². The lowest BCUT2D eigenvalue weighted by molar-refractivity contribution is -0.153. The van der Waals surface area contributed by atoms with Gasteiger partial charge in [-0.25, -0.2) is 0 Å². The Morgan fingerprint density at radius 3 is 1.99 bits per heavy atom. The van der Waals surface area contributed by atoms with Crippen LogP contribution in [0, 0.1) is 52.3 Å². The summed E-state index contributed by atoms with van der Waals surface area (Å²) in [7, 11) is 5.18. The van der Waals surface area contributed by atoms with Crippen molar-refractivity contribution in [1.29, 1.82) is 0 Å². The van der Waals surface area contributed by atoms with Crippen molar-refractivity contribution < 1.29 is 42.9 Å². The van der Waals surface area contributed by atoms with Crippen molar-refractivity contribution in [2.75, 3.05) is 54.1 Å². The summed E-state index contributed by atoms with van der Waals surface area (Å²) >= 11 is 0. The molecule has 0 spiro atoms. The highest BCUT2D eigenvalue weighted by atomic mass is 16.6. The van der Waals surface area contributed by atoms with Gasteiger partial charge in [0, 0.05) is 38.3 Å². The zero-order valence-corrected chi connectivity index (χ0v) is 54.2. The molecule has 5 aliphatic rings. The number of carbonyl (C=O) groups excluding carboxylic acids is 4. The average molecular weight is 1160 g/mol. The second kappa shape index (κ2) is 34.8. The van der Waals surface area contributed by atoms with Gasteiger partial charge in [0.15, 0.2) is 0 Å². The highest BCUT2D eigenvalue weighted by Crippen LogP contribution is 2.67. The van der Waals surface area contributed by atoms with Crippen LogP contribution in [0.25, 0.3) is 0 Å². The van der Waals surface area contributed by atoms with Gasteiger partial charge in [-0.1, -0.05) is 161 Å². The lowest BCUT2D eigenvalue weighted by Gasteiger charge is -2.58. The van der Waals surface area contributed by atoms with E-state index < -0.39 is 17.7 Å². The molecule has 10 unspecified atom stereocenters. The van der Waals surface area contributed by atoms with Crippen molar-refractivity contribution >= 4 is 24.3 Å². The average Bonchev–Trinajstić information content (AvgIpc) is 1.53. The van der Waals surface area contributed by atoms with Crippen molar-refractivity contribution in [1.82, 2.24) is 15.5 Å². The van der Waals surface area contributed by atoms with Crippen LogP contribution in [0.15, 0.2) is 90.5 Å². The Morgan fingerprint density at radius 2 is 1.39 bits per heavy atom. The number of unbranched alkanes of at least 4 members (excludes halogenated alkanes) is 2. The Hall–Kier alpha value is -5.20. The fraction of sp³-hybridized carbons (Fsp3) is 0.667. The van der Waals surface area contributed by atoms with Crippen LogP contribution in [0.3, 0.4) is 0 Å². The van der Waals surface area contributed by atoms with E-state index in [4.69, 9.17) is 23.7 Å². The number of carbonyl (C=O) groups is 4. The number of rotatable bonds is 26. The SMILES string of the molecule is CC.CC(C)CCCC(C)C1CCC2C3CC=C4CC(OC=O)CCC4(C)C3CCC12C.CCC.CCNC(=O)CCC(=O)OC1CN(C(=O)CCCCCNC)CC1COC(c1ccccc1)(c1ccc(OC)cc1)c1ccc(OC)cc1. The first-order valence-corrected chi connectivity index (χ1v) is 32.7. The summed E-state index contributed by atoms with van der Waals surface area (Å²) in [5.41, 5.74) is 4.15. The smallest absolute Gasteiger partial charge is 0.306 e. The number of nitrogens with zero attached hydrogens (tertiary/aromatic N) is 1. The number of hydrogen-bond acceptors (Lipinski definition) is 10. The van der Waals surface area contributed by atoms with Gasteiger partial charge < -0.3 is 39.2 Å². The second-order valence-corrected chi connectivity index (χ2v) is 25.4. The van der Waals surface area contributed by atoms with Crippen LogP contribution in [0.1, 0.15) is 202 Å². The molecule has 1 heterocycles. The summed E-state index contributed by atoms with van der Waals surface area (Å²) in [6.07, 6.45) is 21.1. The minimum Gasteiger partial charge on any atom is -0.497 e. The van der Waals surface area contributed by atoms with Gasteiger partial charge in [0.05, 0.1) is 33.8 Å². The van der Waals surface area contributed by atoms with Gasteiger partial charge in [0.2, 0.25) is 11.8 Å². The molecular formula is C72H111N3O9. The predicted octanol–water partition coefficient (Wildman–Crippen LogP) is 15.1. The normalized spacial score (nSPS) is 25.2. The topological polar surface area (TPSA) is 142 Å². The molecule has 0 aromatic heterocycles. The molecule has 1 aliphatic heterocycles. The molecule has 468 valence electrons. The number of hydrogen-bond donors (Lipinski definition) is 2. The number of methoxy groups -OCH3 is 2. The minimum atomic E-state index is -1.06. The second-order valence-electron chi connectivity index (χ2n) is 25.4. The fourth-order valence-corrected chi connectivity index (χ4v) is 15.1. The van der Waals surface area contributed by atoms with E-state index in [2.05, 4.69) is 65.2 Å². The lowest BCUT2D eigenvalue weighted by atomic mass is 9.47. The van der Waals surface area contributed by atoms with Gasteiger partial charge >= 0.3 is 5.97 Å². The number of nitrogens with one attached hydrogen (secondary N) is 2. The van der Waals surface area contributed by atoms with E-state index in [1.807, 2.05) is 107 Å². The number of benzene rings is 3. The molecule has 84 heavy (non-hydrogen) atoms. The van der Waals surface area contributed by atoms with Crippen molar-refractivity contribution in [2.45, 2.75) is 203 Å². The standard InChI is InChI=1S/C39H51N3O7.C28H46O2.C3H8.C2H6/c1-5-41-36(43)23-24-38(45)49-35-27-42(37(44)14-10-7-11-25-40-2)26-29(35)28-48-39(30-12-8-6-9-13-30,31-15-19-33(46-3)20-16-31)32-17-21-34(47-4)22-18-32;1-19(2)7-6-8-20(3)24-11-12-25-23-10-9-21-17-22(30-18-29)13-15-27(21,4)26(23)14-16-28(24,25)5;1-3-2;1-2/h6,8-9,12-13,15-22,29,35,40H,5,7,10-11,14,23-28H2,1-4H3,(H,41,43);9,18-20,22-26H,6-8,10-17H2,1-5H3;3H2,1-2H3;1-2H3. The van der Waals surface area contributed by atoms with Gasteiger partial charge in [0.1, 0.15) is 29.3 Å². The molecular weight excluding hydrogens is 1050 g/mol. The molecule has 12 heteroatoms. The number of esters is 1. The summed E-state index contributed by atoms with van der Waals surface area (Å²) < 4.78 is 29.4. The van der Waals surface area contributed by atoms with Gasteiger partial charge in [-0.15, -0.1) is 0 Å². The van der Waals surface area contributed by atoms with E-state index in [-0.39, 0.29) is 49.8 Å². The number of allylic oxidation sites excluding steroid dienone is 1. The van der Waals surface area contributed by atoms with Crippen molar-refractivity contribution in [3.05, 3.63) is 107 Å². The maximum Gasteiger partial charge on any atom is 0.306 e. The van der Waals surface area contributed by atoms with Crippen LogP contribution in [-0.4, -0.2) is 95.4 Å². The Morgan fingerprint density at radius 1 is 0.750 bits per heavy atom. The molecule has 3 aromatic carbocycles. The van der Waals surface area contributed by atoms with Crippen LogP contribution in [0.4, 0.5) is 0 Å². The molecule has 2 N–H and O–H groups in total. The molecule has 4 fully saturated rings. The first-order chi connectivity index (χ1) is 40.5. The van der Waals surface area contributed by atoms with Crippen molar-refractivity contribution in [3.63, 3.8) is 0 Å².